The Bertz CT molecular complexity index is 469. The Hall–Kier alpha value is -1.55. The van der Waals surface area contributed by atoms with E-state index in [0.29, 0.717) is 19.2 Å². The quantitative estimate of drug-likeness (QED) is 0.718. The second kappa shape index (κ2) is 6.75. The van der Waals surface area contributed by atoms with E-state index in [9.17, 15) is 4.79 Å². The van der Waals surface area contributed by atoms with Gasteiger partial charge < -0.3 is 9.47 Å². The molecule has 20 heavy (non-hydrogen) atoms. The smallest absolute Gasteiger partial charge is 0.320 e. The van der Waals surface area contributed by atoms with Gasteiger partial charge in [0.15, 0.2) is 0 Å². The van der Waals surface area contributed by atoms with Crippen molar-refractivity contribution >= 4 is 5.97 Å². The van der Waals surface area contributed by atoms with Crippen LogP contribution >= 0.6 is 0 Å². The molecule has 2 rings (SSSR count). The van der Waals surface area contributed by atoms with E-state index in [1.165, 1.54) is 5.56 Å². The topological polar surface area (TPSA) is 38.8 Å². The summed E-state index contributed by atoms with van der Waals surface area (Å²) < 4.78 is 10.5. The summed E-state index contributed by atoms with van der Waals surface area (Å²) in [6, 6.07) is 6.65. The Morgan fingerprint density at radius 3 is 2.75 bits per heavy atom. The van der Waals surface area contributed by atoms with Crippen LogP contribution in [0.5, 0.6) is 5.75 Å². The number of nitrogens with zero attached hydrogens (tertiary/aromatic N) is 1. The number of carbonyl (C=O) groups is 1. The highest BCUT2D eigenvalue weighted by molar-refractivity contribution is 5.71. The molecule has 1 fully saturated rings. The van der Waals surface area contributed by atoms with Crippen LogP contribution in [0.1, 0.15) is 30.9 Å². The Morgan fingerprint density at radius 2 is 2.15 bits per heavy atom. The van der Waals surface area contributed by atoms with E-state index in [4.69, 9.17) is 9.47 Å². The van der Waals surface area contributed by atoms with E-state index in [1.54, 1.807) is 7.11 Å². The van der Waals surface area contributed by atoms with E-state index in [-0.39, 0.29) is 5.97 Å². The average molecular weight is 277 g/mol. The first-order valence-electron chi connectivity index (χ1n) is 7.17. The lowest BCUT2D eigenvalue weighted by atomic mass is 10.1. The lowest BCUT2D eigenvalue weighted by Gasteiger charge is -2.22. The molecule has 4 nitrogen and oxygen atoms in total. The highest BCUT2D eigenvalue weighted by Crippen LogP contribution is 2.30. The second-order valence-electron chi connectivity index (χ2n) is 5.26. The fourth-order valence-corrected chi connectivity index (χ4v) is 2.38. The first-order valence-corrected chi connectivity index (χ1v) is 7.17. The van der Waals surface area contributed by atoms with Gasteiger partial charge >= 0.3 is 5.97 Å². The molecule has 1 aliphatic carbocycles. The van der Waals surface area contributed by atoms with Crippen LogP contribution < -0.4 is 4.74 Å². The summed E-state index contributed by atoms with van der Waals surface area (Å²) in [5.41, 5.74) is 2.33. The zero-order valence-electron chi connectivity index (χ0n) is 12.5. The summed E-state index contributed by atoms with van der Waals surface area (Å²) in [4.78, 5) is 13.9. The molecule has 0 saturated heterocycles. The van der Waals surface area contributed by atoms with Crippen molar-refractivity contribution in [2.24, 2.45) is 0 Å². The van der Waals surface area contributed by atoms with Gasteiger partial charge in [-0.15, -0.1) is 0 Å². The average Bonchev–Trinajstić information content (AvgIpc) is 3.23. The number of rotatable bonds is 7. The molecule has 4 heteroatoms. The SMILES string of the molecule is CCOC(=O)CN(Cc1cc(C)ccc1OC)C1CC1. The van der Waals surface area contributed by atoms with Crippen LogP contribution in [0.3, 0.4) is 0 Å². The van der Waals surface area contributed by atoms with Crippen molar-refractivity contribution in [3.8, 4) is 5.75 Å². The third-order valence-corrected chi connectivity index (χ3v) is 3.51. The standard InChI is InChI=1S/C16H23NO3/c1-4-20-16(18)11-17(14-6-7-14)10-13-9-12(2)5-8-15(13)19-3/h5,8-9,14H,4,6-7,10-11H2,1-3H3. The first-order chi connectivity index (χ1) is 9.63. The van der Waals surface area contributed by atoms with E-state index in [0.717, 1.165) is 30.7 Å². The van der Waals surface area contributed by atoms with Crippen molar-refractivity contribution in [1.82, 2.24) is 4.90 Å². The maximum absolute atomic E-state index is 11.7. The van der Waals surface area contributed by atoms with Crippen LogP contribution in [0, 0.1) is 6.92 Å². The molecule has 0 atom stereocenters. The van der Waals surface area contributed by atoms with Gasteiger partial charge in [0.2, 0.25) is 0 Å². The normalized spacial score (nSPS) is 14.4. The first kappa shape index (κ1) is 14.9. The molecule has 0 spiro atoms. The van der Waals surface area contributed by atoms with Crippen molar-refractivity contribution in [3.05, 3.63) is 29.3 Å². The maximum Gasteiger partial charge on any atom is 0.320 e. The molecule has 0 radical (unpaired) electrons. The van der Waals surface area contributed by atoms with Crippen LogP contribution in [-0.4, -0.2) is 37.2 Å². The van der Waals surface area contributed by atoms with Crippen molar-refractivity contribution in [2.45, 2.75) is 39.3 Å². The van der Waals surface area contributed by atoms with Crippen molar-refractivity contribution in [1.29, 1.82) is 0 Å². The lowest BCUT2D eigenvalue weighted by Crippen LogP contribution is -2.32. The van der Waals surface area contributed by atoms with Crippen molar-refractivity contribution in [3.63, 3.8) is 0 Å². The number of hydrogen-bond acceptors (Lipinski definition) is 4. The molecule has 0 aliphatic heterocycles. The molecule has 0 aromatic heterocycles. The highest BCUT2D eigenvalue weighted by Gasteiger charge is 2.31. The Morgan fingerprint density at radius 1 is 1.40 bits per heavy atom. The molecule has 0 amide bonds. The third-order valence-electron chi connectivity index (χ3n) is 3.51. The molecule has 1 aromatic carbocycles. The molecule has 1 aromatic rings. The Kier molecular flexibility index (Phi) is 5.01. The van der Waals surface area contributed by atoms with Crippen LogP contribution in [0.25, 0.3) is 0 Å². The number of carbonyl (C=O) groups excluding carboxylic acids is 1. The highest BCUT2D eigenvalue weighted by atomic mass is 16.5. The molecule has 0 N–H and O–H groups in total. The van der Waals surface area contributed by atoms with Crippen LogP contribution in [0.2, 0.25) is 0 Å². The molecule has 0 heterocycles. The zero-order valence-corrected chi connectivity index (χ0v) is 12.5. The van der Waals surface area contributed by atoms with E-state index in [2.05, 4.69) is 17.9 Å². The number of methoxy groups -OCH3 is 1. The van der Waals surface area contributed by atoms with Gasteiger partial charge in [0.25, 0.3) is 0 Å². The molecule has 1 saturated carbocycles. The Labute approximate surface area is 120 Å². The maximum atomic E-state index is 11.7. The van der Waals surface area contributed by atoms with Crippen molar-refractivity contribution < 1.29 is 14.3 Å². The lowest BCUT2D eigenvalue weighted by molar-refractivity contribution is -0.144. The van der Waals surface area contributed by atoms with Gasteiger partial charge in [-0.2, -0.15) is 0 Å². The van der Waals surface area contributed by atoms with Gasteiger partial charge in [-0.1, -0.05) is 17.7 Å². The molecule has 1 aliphatic rings. The Balaban J connectivity index is 2.08. The van der Waals surface area contributed by atoms with Crippen LogP contribution in [0.4, 0.5) is 0 Å². The molecular weight excluding hydrogens is 254 g/mol. The fraction of sp³-hybridized carbons (Fsp3) is 0.562. The summed E-state index contributed by atoms with van der Waals surface area (Å²) in [6.45, 7) is 5.42. The van der Waals surface area contributed by atoms with Crippen LogP contribution in [-0.2, 0) is 16.1 Å². The summed E-state index contributed by atoms with van der Waals surface area (Å²) >= 11 is 0. The summed E-state index contributed by atoms with van der Waals surface area (Å²) in [5, 5.41) is 0. The number of esters is 1. The van der Waals surface area contributed by atoms with E-state index < -0.39 is 0 Å². The van der Waals surface area contributed by atoms with Gasteiger partial charge in [0.05, 0.1) is 20.3 Å². The summed E-state index contributed by atoms with van der Waals surface area (Å²) in [7, 11) is 1.68. The largest absolute Gasteiger partial charge is 0.496 e. The van der Waals surface area contributed by atoms with Crippen molar-refractivity contribution in [2.75, 3.05) is 20.3 Å². The van der Waals surface area contributed by atoms with Gasteiger partial charge in [-0.05, 0) is 32.8 Å². The minimum atomic E-state index is -0.147. The predicted octanol–water partition coefficient (Wildman–Crippen LogP) is 2.53. The minimum absolute atomic E-state index is 0.147. The van der Waals surface area contributed by atoms with Gasteiger partial charge in [0.1, 0.15) is 5.75 Å². The summed E-state index contributed by atoms with van der Waals surface area (Å²) in [5.74, 6) is 0.733. The monoisotopic (exact) mass is 277 g/mol. The molecular formula is C16H23NO3. The second-order valence-corrected chi connectivity index (χ2v) is 5.26. The van der Waals surface area contributed by atoms with E-state index >= 15 is 0 Å². The predicted molar refractivity (Wildman–Crippen MR) is 77.8 cm³/mol. The molecule has 110 valence electrons. The number of hydrogen-bond donors (Lipinski definition) is 0. The summed E-state index contributed by atoms with van der Waals surface area (Å²) in [6.07, 6.45) is 2.32. The van der Waals surface area contributed by atoms with Gasteiger partial charge in [0, 0.05) is 18.2 Å². The molecule has 0 bridgehead atoms. The number of aryl methyl sites for hydroxylation is 1. The third kappa shape index (κ3) is 3.97. The fourth-order valence-electron chi connectivity index (χ4n) is 2.38. The number of ether oxygens (including phenoxy) is 2. The number of benzene rings is 1. The van der Waals surface area contributed by atoms with E-state index in [1.807, 2.05) is 19.1 Å². The zero-order chi connectivity index (χ0) is 14.5. The van der Waals surface area contributed by atoms with Crippen LogP contribution in [0.15, 0.2) is 18.2 Å². The van der Waals surface area contributed by atoms with Gasteiger partial charge in [-0.25, -0.2) is 0 Å². The molecule has 0 unspecified atom stereocenters. The van der Waals surface area contributed by atoms with Gasteiger partial charge in [-0.3, -0.25) is 9.69 Å². The minimum Gasteiger partial charge on any atom is -0.496 e.